The molecule has 0 saturated carbocycles. The molecule has 6 rings (SSSR count). The van der Waals surface area contributed by atoms with Gasteiger partial charge in [-0.1, -0.05) is 18.9 Å². The van der Waals surface area contributed by atoms with Crippen molar-refractivity contribution in [3.63, 3.8) is 0 Å². The molecule has 2 saturated heterocycles. The minimum absolute atomic E-state index is 0. The number of carbonyl (C=O) groups is 1. The van der Waals surface area contributed by atoms with E-state index >= 15 is 0 Å². The summed E-state index contributed by atoms with van der Waals surface area (Å²) in [5, 5.41) is 101. The normalized spacial score (nSPS) is 26.5. The summed E-state index contributed by atoms with van der Waals surface area (Å²) in [6, 6.07) is 12.2. The minimum Gasteiger partial charge on any atom is -0.862 e. The molecule has 19 nitrogen and oxygen atoms in total. The molecule has 0 spiro atoms. The topological polar surface area (TPSA) is 306 Å². The number of fused-ring (bicyclic) bond motifs is 2. The van der Waals surface area contributed by atoms with Crippen LogP contribution in [0.5, 0.6) is 5.75 Å². The number of carboxylic acid groups (broad SMARTS) is 1. The Hall–Kier alpha value is -3.84. The molecular formula is C41H48N3NaO16S. The zero-order valence-corrected chi connectivity index (χ0v) is 36.6. The van der Waals surface area contributed by atoms with Gasteiger partial charge in [0.25, 0.3) is 0 Å². The van der Waals surface area contributed by atoms with E-state index in [9.17, 15) is 55.5 Å². The predicted molar refractivity (Wildman–Crippen MR) is 219 cm³/mol. The van der Waals surface area contributed by atoms with Crippen molar-refractivity contribution in [2.75, 3.05) is 31.7 Å². The number of rotatable bonds is 16. The number of nitrogens with one attached hydrogen (secondary N) is 2. The number of ether oxygens (including phenoxy) is 4. The van der Waals surface area contributed by atoms with Gasteiger partial charge >= 0.3 is 35.5 Å². The molecule has 0 radical (unpaired) electrons. The molecule has 0 aromatic heterocycles. The SMILES string of the molecule is CC([O-])=N[C@H]1[C@H](OCCCCCCNC(=S)Nc2ccc(-c3c4ccc(=O)cc-4oc4cc(O)ccc34)c(C(=O)O)c2)O[C@H](CO)[C@@H](O)[C@@H]1O[C@@H]1O[C@H](CO)[C@H](O)[C@H](O)[C@H]1O.[Na+]. The Morgan fingerprint density at radius 1 is 0.871 bits per heavy atom. The zero-order valence-electron chi connectivity index (χ0n) is 33.8. The van der Waals surface area contributed by atoms with Crippen molar-refractivity contribution in [2.24, 2.45) is 4.99 Å². The second kappa shape index (κ2) is 22.2. The Labute approximate surface area is 382 Å². The molecule has 1 aliphatic carbocycles. The van der Waals surface area contributed by atoms with Crippen LogP contribution in [-0.2, 0) is 18.9 Å². The molecule has 10 atom stereocenters. The van der Waals surface area contributed by atoms with E-state index in [0.717, 1.165) is 13.3 Å². The Bertz CT molecular complexity index is 2220. The van der Waals surface area contributed by atoms with Gasteiger partial charge < -0.3 is 80.0 Å². The molecule has 330 valence electrons. The van der Waals surface area contributed by atoms with Crippen molar-refractivity contribution in [3.05, 3.63) is 70.4 Å². The van der Waals surface area contributed by atoms with Gasteiger partial charge in [0, 0.05) is 47.5 Å². The molecule has 10 N–H and O–H groups in total. The van der Waals surface area contributed by atoms with E-state index < -0.39 is 86.4 Å². The number of aromatic carboxylic acids is 1. The molecule has 4 aliphatic rings. The Morgan fingerprint density at radius 3 is 2.27 bits per heavy atom. The second-order valence-corrected chi connectivity index (χ2v) is 15.1. The van der Waals surface area contributed by atoms with Gasteiger partial charge in [-0.25, -0.2) is 4.79 Å². The first kappa shape index (κ1) is 49.2. The fraction of sp³-hybridized carbons (Fsp3) is 0.463. The molecule has 2 aromatic carbocycles. The van der Waals surface area contributed by atoms with Crippen LogP contribution in [0.1, 0.15) is 43.0 Å². The maximum absolute atomic E-state index is 12.6. The summed E-state index contributed by atoms with van der Waals surface area (Å²) in [4.78, 5) is 28.7. The number of anilines is 1. The van der Waals surface area contributed by atoms with Crippen molar-refractivity contribution in [3.8, 4) is 28.2 Å². The molecule has 0 unspecified atom stereocenters. The zero-order chi connectivity index (χ0) is 44.0. The van der Waals surface area contributed by atoms with Crippen LogP contribution in [0.25, 0.3) is 33.4 Å². The van der Waals surface area contributed by atoms with Crippen LogP contribution < -0.4 is 50.7 Å². The summed E-state index contributed by atoms with van der Waals surface area (Å²) >= 11 is 5.47. The predicted octanol–water partition coefficient (Wildman–Crippen LogP) is -2.75. The van der Waals surface area contributed by atoms with E-state index in [1.165, 1.54) is 30.3 Å². The number of aromatic hydroxyl groups is 1. The third kappa shape index (κ3) is 11.5. The molecular weight excluding hydrogens is 846 g/mol. The fourth-order valence-corrected chi connectivity index (χ4v) is 7.57. The number of aliphatic hydroxyl groups excluding tert-OH is 6. The van der Waals surface area contributed by atoms with Gasteiger partial charge in [0.1, 0.15) is 65.9 Å². The summed E-state index contributed by atoms with van der Waals surface area (Å²) in [7, 11) is 0. The third-order valence-electron chi connectivity index (χ3n) is 10.4. The van der Waals surface area contributed by atoms with E-state index in [0.29, 0.717) is 53.6 Å². The molecule has 3 aliphatic heterocycles. The number of thiocarbonyl (C=S) groups is 1. The van der Waals surface area contributed by atoms with Crippen molar-refractivity contribution in [1.29, 1.82) is 0 Å². The number of hydrogen-bond donors (Lipinski definition) is 10. The summed E-state index contributed by atoms with van der Waals surface area (Å²) in [6.07, 6.45) is -11.1. The van der Waals surface area contributed by atoms with E-state index in [4.69, 9.17) is 35.6 Å². The van der Waals surface area contributed by atoms with Crippen LogP contribution in [0.15, 0.2) is 68.8 Å². The van der Waals surface area contributed by atoms with Gasteiger partial charge in [0.15, 0.2) is 23.1 Å². The number of phenols is 1. The quantitative estimate of drug-likeness (QED) is 0.0136. The molecule has 0 amide bonds. The number of hydrogen-bond acceptors (Lipinski definition) is 17. The van der Waals surface area contributed by atoms with Crippen LogP contribution in [0.3, 0.4) is 0 Å². The summed E-state index contributed by atoms with van der Waals surface area (Å²) in [5.41, 5.74) is 1.75. The average Bonchev–Trinajstić information content (AvgIpc) is 3.22. The van der Waals surface area contributed by atoms with Crippen molar-refractivity contribution in [1.82, 2.24) is 5.32 Å². The number of nitrogens with zero attached hydrogens (tertiary/aromatic N) is 1. The second-order valence-electron chi connectivity index (χ2n) is 14.7. The fourth-order valence-electron chi connectivity index (χ4n) is 7.35. The van der Waals surface area contributed by atoms with Gasteiger partial charge in [0.2, 0.25) is 0 Å². The van der Waals surface area contributed by atoms with Gasteiger partial charge in [-0.3, -0.25) is 9.79 Å². The summed E-state index contributed by atoms with van der Waals surface area (Å²) in [5.74, 6) is -1.69. The van der Waals surface area contributed by atoms with E-state index in [-0.39, 0.29) is 69.4 Å². The number of phenolic OH excluding ortho intramolecular Hbond substituents is 1. The maximum atomic E-state index is 12.6. The van der Waals surface area contributed by atoms with Gasteiger partial charge in [-0.05, 0) is 79.8 Å². The molecule has 62 heavy (non-hydrogen) atoms. The minimum atomic E-state index is -1.80. The first-order chi connectivity index (χ1) is 29.2. The Kier molecular flexibility index (Phi) is 17.6. The van der Waals surface area contributed by atoms with Crippen LogP contribution in [-0.4, -0.2) is 146 Å². The number of carboxylic acids is 1. The average molecular weight is 894 g/mol. The Balaban J connectivity index is 0.00000726. The molecule has 2 aromatic rings. The smallest absolute Gasteiger partial charge is 0.862 e. The van der Waals surface area contributed by atoms with Crippen LogP contribution in [0, 0.1) is 0 Å². The van der Waals surface area contributed by atoms with E-state index in [2.05, 4.69) is 15.6 Å². The van der Waals surface area contributed by atoms with Crippen molar-refractivity contribution >= 4 is 45.9 Å². The summed E-state index contributed by atoms with van der Waals surface area (Å²) < 4.78 is 28.8. The van der Waals surface area contributed by atoms with E-state index in [1.54, 1.807) is 24.3 Å². The number of benzene rings is 3. The van der Waals surface area contributed by atoms with Crippen molar-refractivity contribution < 1.29 is 104 Å². The number of aliphatic hydroxyl groups is 6. The molecule has 0 bridgehead atoms. The standard InChI is InChI=1S/C41H49N3O16S.Na/c1-19(47)43-32-37(60-40-36(53)35(52)33(50)29(17-45)59-40)34(51)30(18-46)58-39(32)56-13-5-3-2-4-12-42-41(61)44-20-6-9-23(26(14-20)38(54)55)31-24-10-7-21(48)15-27(24)57-28-16-22(49)8-11-25(28)31;/h6-11,14-16,29-30,32-37,39-40,45-46,48,50-53H,2-5,12-13,17-18H2,1H3,(H,43,47)(H,54,55)(H2,42,44,61);/q;+1/p-1/t29-,30-,32-,33+,34-,35+,36-,37-,39-,40+;/m1./s1. The van der Waals surface area contributed by atoms with E-state index in [1.807, 2.05) is 0 Å². The Morgan fingerprint density at radius 2 is 1.56 bits per heavy atom. The van der Waals surface area contributed by atoms with Crippen LogP contribution in [0.4, 0.5) is 5.69 Å². The van der Waals surface area contributed by atoms with Gasteiger partial charge in [-0.15, -0.1) is 0 Å². The monoisotopic (exact) mass is 893 g/mol. The number of unbranched alkanes of at least 4 members (excludes halogenated alkanes) is 3. The first-order valence-corrected chi connectivity index (χ1v) is 20.0. The summed E-state index contributed by atoms with van der Waals surface area (Å²) in [6.45, 7) is 0.375. The van der Waals surface area contributed by atoms with Crippen LogP contribution in [0.2, 0.25) is 0 Å². The largest absolute Gasteiger partial charge is 1.00 e. The van der Waals surface area contributed by atoms with Gasteiger partial charge in [-0.2, -0.15) is 0 Å². The first-order valence-electron chi connectivity index (χ1n) is 19.6. The van der Waals surface area contributed by atoms with Crippen molar-refractivity contribution in [2.45, 2.75) is 94.0 Å². The number of aliphatic imine (C=N–C) groups is 1. The molecule has 21 heteroatoms. The maximum Gasteiger partial charge on any atom is 1.00 e. The molecule has 3 heterocycles. The van der Waals surface area contributed by atoms with Gasteiger partial charge in [0.05, 0.1) is 18.8 Å². The van der Waals surface area contributed by atoms with Crippen LogP contribution >= 0.6 is 12.2 Å². The third-order valence-corrected chi connectivity index (χ3v) is 10.6. The molecule has 2 fully saturated rings.